The van der Waals surface area contributed by atoms with Gasteiger partial charge >= 0.3 is 0 Å². The molecule has 0 bridgehead atoms. The lowest BCUT2D eigenvalue weighted by Crippen LogP contribution is -2.06. The summed E-state index contributed by atoms with van der Waals surface area (Å²) < 4.78 is 11.9. The van der Waals surface area contributed by atoms with Crippen molar-refractivity contribution < 1.29 is 9.47 Å². The lowest BCUT2D eigenvalue weighted by molar-refractivity contribution is 0.397. The maximum atomic E-state index is 5.74. The molecule has 0 saturated heterocycles. The van der Waals surface area contributed by atoms with Crippen LogP contribution >= 0.6 is 0 Å². The van der Waals surface area contributed by atoms with E-state index in [1.54, 1.807) is 20.4 Å². The first-order valence-corrected chi connectivity index (χ1v) is 4.24. The first-order valence-electron chi connectivity index (χ1n) is 4.24. The Balaban J connectivity index is 2.76. The van der Waals surface area contributed by atoms with Crippen LogP contribution in [-0.2, 0) is 0 Å². The van der Waals surface area contributed by atoms with Crippen LogP contribution in [0.2, 0.25) is 0 Å². The van der Waals surface area contributed by atoms with E-state index in [9.17, 15) is 0 Å². The van der Waals surface area contributed by atoms with Crippen LogP contribution in [0, 0.1) is 0 Å². The normalized spacial score (nSPS) is 10.4. The predicted molar refractivity (Wildman–Crippen MR) is 55.2 cm³/mol. The number of rotatable bonds is 2. The van der Waals surface area contributed by atoms with Crippen molar-refractivity contribution in [2.75, 3.05) is 20.1 Å². The van der Waals surface area contributed by atoms with E-state index in [-0.39, 0.29) is 0 Å². The minimum Gasteiger partial charge on any atom is -0.497 e. The third-order valence-electron chi connectivity index (χ3n) is 2.21. The van der Waals surface area contributed by atoms with Crippen LogP contribution in [0.5, 0.6) is 11.5 Å². The highest BCUT2D eigenvalue weighted by Crippen LogP contribution is 2.30. The van der Waals surface area contributed by atoms with Gasteiger partial charge in [0.05, 0.1) is 14.2 Å². The van der Waals surface area contributed by atoms with Gasteiger partial charge in [-0.2, -0.15) is 0 Å². The number of methoxy groups -OCH3 is 2. The van der Waals surface area contributed by atoms with Gasteiger partial charge in [-0.15, -0.1) is 0 Å². The molecule has 1 aromatic carbocycles. The van der Waals surface area contributed by atoms with Gasteiger partial charge < -0.3 is 15.3 Å². The molecule has 0 aliphatic rings. The Bertz CT molecular complexity index is 462. The van der Waals surface area contributed by atoms with Gasteiger partial charge in [-0.1, -0.05) is 0 Å². The molecule has 1 aromatic heterocycles. The van der Waals surface area contributed by atoms with E-state index in [0.29, 0.717) is 5.75 Å². The third-order valence-corrected chi connectivity index (χ3v) is 2.21. The second kappa shape index (κ2) is 3.14. The van der Waals surface area contributed by atoms with Gasteiger partial charge in [0.1, 0.15) is 17.0 Å². The van der Waals surface area contributed by atoms with Crippen molar-refractivity contribution in [1.29, 1.82) is 0 Å². The zero-order chi connectivity index (χ0) is 10.1. The van der Waals surface area contributed by atoms with Crippen molar-refractivity contribution >= 4 is 10.9 Å². The fraction of sp³-hybridized carbons (Fsp3) is 0.200. The fourth-order valence-corrected chi connectivity index (χ4v) is 1.52. The van der Waals surface area contributed by atoms with Crippen LogP contribution in [0.15, 0.2) is 24.4 Å². The van der Waals surface area contributed by atoms with E-state index in [2.05, 4.69) is 0 Å². The summed E-state index contributed by atoms with van der Waals surface area (Å²) in [6, 6.07) is 5.65. The van der Waals surface area contributed by atoms with Gasteiger partial charge in [0.25, 0.3) is 0 Å². The van der Waals surface area contributed by atoms with Crippen LogP contribution in [0.3, 0.4) is 0 Å². The largest absolute Gasteiger partial charge is 0.497 e. The molecular formula is C10H12N2O2. The SMILES string of the molecule is COc1cc(OC)c2c(ccn2N)c1. The molecule has 2 rings (SSSR count). The molecular weight excluding hydrogens is 180 g/mol. The summed E-state index contributed by atoms with van der Waals surface area (Å²) in [7, 11) is 3.24. The van der Waals surface area contributed by atoms with Crippen LogP contribution in [-0.4, -0.2) is 18.9 Å². The van der Waals surface area contributed by atoms with E-state index in [1.807, 2.05) is 18.2 Å². The summed E-state index contributed by atoms with van der Waals surface area (Å²) in [5.41, 5.74) is 0.869. The first kappa shape index (κ1) is 8.74. The summed E-state index contributed by atoms with van der Waals surface area (Å²) in [5.74, 6) is 7.22. The number of hydrogen-bond donors (Lipinski definition) is 1. The minimum atomic E-state index is 0.715. The van der Waals surface area contributed by atoms with Crippen LogP contribution in [0.25, 0.3) is 10.9 Å². The molecule has 0 radical (unpaired) electrons. The Labute approximate surface area is 81.8 Å². The zero-order valence-electron chi connectivity index (χ0n) is 8.15. The molecule has 0 aliphatic heterocycles. The average Bonchev–Trinajstić information content (AvgIpc) is 2.59. The van der Waals surface area contributed by atoms with Gasteiger partial charge in [-0.3, -0.25) is 4.68 Å². The summed E-state index contributed by atoms with van der Waals surface area (Å²) in [4.78, 5) is 0. The van der Waals surface area contributed by atoms with Gasteiger partial charge in [0.2, 0.25) is 0 Å². The molecule has 74 valence electrons. The fourth-order valence-electron chi connectivity index (χ4n) is 1.52. The standard InChI is InChI=1S/C10H12N2O2/c1-13-8-5-7-3-4-12(11)10(7)9(6-8)14-2/h3-6H,11H2,1-2H3. The lowest BCUT2D eigenvalue weighted by Gasteiger charge is -2.07. The highest BCUT2D eigenvalue weighted by molar-refractivity contribution is 5.87. The first-order chi connectivity index (χ1) is 6.76. The average molecular weight is 192 g/mol. The molecule has 14 heavy (non-hydrogen) atoms. The maximum absolute atomic E-state index is 5.74. The molecule has 0 unspecified atom stereocenters. The molecule has 4 nitrogen and oxygen atoms in total. The van der Waals surface area contributed by atoms with Crippen LogP contribution in [0.1, 0.15) is 0 Å². The van der Waals surface area contributed by atoms with E-state index in [0.717, 1.165) is 16.7 Å². The number of aromatic nitrogens is 1. The number of benzene rings is 1. The number of nitrogens with zero attached hydrogens (tertiary/aromatic N) is 1. The van der Waals surface area contributed by atoms with Crippen molar-refractivity contribution in [2.24, 2.45) is 0 Å². The minimum absolute atomic E-state index is 0.715. The summed E-state index contributed by atoms with van der Waals surface area (Å²) >= 11 is 0. The monoisotopic (exact) mass is 192 g/mol. The van der Waals surface area contributed by atoms with Crippen molar-refractivity contribution in [3.63, 3.8) is 0 Å². The molecule has 0 atom stereocenters. The number of fused-ring (bicyclic) bond motifs is 1. The Morgan fingerprint density at radius 1 is 1.21 bits per heavy atom. The molecule has 1 heterocycles. The van der Waals surface area contributed by atoms with E-state index in [1.165, 1.54) is 4.68 Å². The molecule has 2 aromatic rings. The molecule has 0 amide bonds. The lowest BCUT2D eigenvalue weighted by atomic mass is 10.2. The number of hydrogen-bond acceptors (Lipinski definition) is 3. The molecule has 0 spiro atoms. The van der Waals surface area contributed by atoms with Gasteiger partial charge in [0, 0.05) is 17.6 Å². The number of nitrogens with two attached hydrogens (primary N) is 1. The van der Waals surface area contributed by atoms with Gasteiger partial charge in [-0.05, 0) is 12.1 Å². The maximum Gasteiger partial charge on any atom is 0.148 e. The van der Waals surface area contributed by atoms with Crippen LogP contribution in [0.4, 0.5) is 0 Å². The topological polar surface area (TPSA) is 49.4 Å². The Kier molecular flexibility index (Phi) is 1.96. The number of nitrogen functional groups attached to an aromatic ring is 1. The Hall–Kier alpha value is -1.84. The molecule has 0 aliphatic carbocycles. The Morgan fingerprint density at radius 2 is 2.00 bits per heavy atom. The van der Waals surface area contributed by atoms with E-state index >= 15 is 0 Å². The van der Waals surface area contributed by atoms with Crippen LogP contribution < -0.4 is 15.3 Å². The second-order valence-corrected chi connectivity index (χ2v) is 2.99. The third kappa shape index (κ3) is 1.16. The molecule has 0 fully saturated rings. The predicted octanol–water partition coefficient (Wildman–Crippen LogP) is 1.37. The summed E-state index contributed by atoms with van der Waals surface area (Å²) in [6.45, 7) is 0. The smallest absolute Gasteiger partial charge is 0.148 e. The van der Waals surface area contributed by atoms with Crippen molar-refractivity contribution in [3.05, 3.63) is 24.4 Å². The molecule has 2 N–H and O–H groups in total. The zero-order valence-corrected chi connectivity index (χ0v) is 8.15. The highest BCUT2D eigenvalue weighted by atomic mass is 16.5. The summed E-state index contributed by atoms with van der Waals surface area (Å²) in [5, 5.41) is 1.00. The van der Waals surface area contributed by atoms with Gasteiger partial charge in [0.15, 0.2) is 0 Å². The number of ether oxygens (including phenoxy) is 2. The Morgan fingerprint density at radius 3 is 2.64 bits per heavy atom. The van der Waals surface area contributed by atoms with Crippen molar-refractivity contribution in [1.82, 2.24) is 4.68 Å². The summed E-state index contributed by atoms with van der Waals surface area (Å²) in [6.07, 6.45) is 1.78. The van der Waals surface area contributed by atoms with E-state index in [4.69, 9.17) is 15.3 Å². The quantitative estimate of drug-likeness (QED) is 0.731. The highest BCUT2D eigenvalue weighted by Gasteiger charge is 2.08. The van der Waals surface area contributed by atoms with Crippen molar-refractivity contribution in [2.45, 2.75) is 0 Å². The molecule has 0 saturated carbocycles. The van der Waals surface area contributed by atoms with Crippen molar-refractivity contribution in [3.8, 4) is 11.5 Å². The van der Waals surface area contributed by atoms with E-state index < -0.39 is 0 Å². The second-order valence-electron chi connectivity index (χ2n) is 2.99. The molecule has 4 heteroatoms. The van der Waals surface area contributed by atoms with Gasteiger partial charge in [-0.25, -0.2) is 0 Å².